The number of rotatable bonds is 10. The van der Waals surface area contributed by atoms with Crippen molar-refractivity contribution in [2.45, 2.75) is 149 Å². The lowest BCUT2D eigenvalue weighted by molar-refractivity contribution is -0.162. The third-order valence-electron chi connectivity index (χ3n) is 16.7. The zero-order chi connectivity index (χ0) is 57.0. The molecule has 2 N–H and O–H groups in total. The zero-order valence-corrected chi connectivity index (χ0v) is 48.7. The maximum atomic E-state index is 14.9. The molecule has 5 amide bonds. The number of aromatic nitrogens is 4. The van der Waals surface area contributed by atoms with E-state index in [9.17, 15) is 24.0 Å². The standard InChI is InChI=1S/C59H82N12O9/c1-12-69-48-18-15-38-26-42(48)44(51(69)43-28-41(31-61-49(43)37(4)77-11)67-22-20-66(21-23-67)40-16-17-40)29-58(8,9)35-78-54(74)45-14-13-19-71(64-45)53(73)46(27-39-30-60-32-47(38)62-39)63-52(72)50(36(2)3)65(10)55(75)70-24-25-79-59(70)33-68(34-59)56(76)80-57(5,6)7/h15,18,26,28,30-32,36-37,40,45-46,50,64H,12-14,16-17,19-25,27,29,33-35H2,1-11H3,(H,63,72)/t37-,45-,46-,50-/m0/s1. The molecule has 0 unspecified atom stereocenters. The van der Waals surface area contributed by atoms with Crippen molar-refractivity contribution in [2.24, 2.45) is 11.3 Å². The van der Waals surface area contributed by atoms with Gasteiger partial charge in [0.05, 0.1) is 73.3 Å². The summed E-state index contributed by atoms with van der Waals surface area (Å²) in [6.45, 7) is 23.1. The van der Waals surface area contributed by atoms with Crippen molar-refractivity contribution in [1.82, 2.24) is 54.9 Å². The molecule has 1 aliphatic carbocycles. The van der Waals surface area contributed by atoms with E-state index >= 15 is 0 Å². The summed E-state index contributed by atoms with van der Waals surface area (Å²) in [6.07, 6.45) is 8.49. The number of pyridine rings is 1. The van der Waals surface area contributed by atoms with Crippen LogP contribution in [0, 0.1) is 11.3 Å². The third-order valence-corrected chi connectivity index (χ3v) is 16.7. The number of amides is 5. The van der Waals surface area contributed by atoms with Crippen LogP contribution in [0.3, 0.4) is 0 Å². The summed E-state index contributed by atoms with van der Waals surface area (Å²) in [7, 11) is 3.28. The smallest absolute Gasteiger partial charge is 0.410 e. The van der Waals surface area contributed by atoms with Gasteiger partial charge in [0, 0.05) is 106 Å². The highest BCUT2D eigenvalue weighted by Crippen LogP contribution is 2.43. The monoisotopic (exact) mass is 1100 g/mol. The summed E-state index contributed by atoms with van der Waals surface area (Å²) in [5.74, 6) is -1.91. The first kappa shape index (κ1) is 56.8. The second-order valence-corrected chi connectivity index (χ2v) is 24.9. The first-order valence-electron chi connectivity index (χ1n) is 28.8. The van der Waals surface area contributed by atoms with E-state index in [2.05, 4.69) is 69.1 Å². The Balaban J connectivity index is 0.991. The third kappa shape index (κ3) is 11.6. The lowest BCUT2D eigenvalue weighted by Gasteiger charge is -2.51. The number of cyclic esters (lactones) is 1. The fourth-order valence-corrected chi connectivity index (χ4v) is 12.3. The second-order valence-electron chi connectivity index (χ2n) is 24.9. The zero-order valence-electron chi connectivity index (χ0n) is 48.7. The molecule has 4 saturated heterocycles. The average Bonchev–Trinajstić information content (AvgIpc) is 4.11. The Morgan fingerprint density at radius 2 is 1.73 bits per heavy atom. The number of likely N-dealkylation sites (tertiary alicyclic amines) is 1. The van der Waals surface area contributed by atoms with Gasteiger partial charge in [0.1, 0.15) is 23.7 Å². The number of anilines is 1. The van der Waals surface area contributed by atoms with Crippen molar-refractivity contribution in [3.63, 3.8) is 0 Å². The first-order chi connectivity index (χ1) is 38.1. The van der Waals surface area contributed by atoms with Crippen LogP contribution in [0.15, 0.2) is 42.9 Å². The Kier molecular flexibility index (Phi) is 16.0. The summed E-state index contributed by atoms with van der Waals surface area (Å²) < 4.78 is 26.3. The van der Waals surface area contributed by atoms with E-state index in [0.717, 1.165) is 76.9 Å². The van der Waals surface area contributed by atoms with Gasteiger partial charge in [-0.05, 0) is 96.4 Å². The van der Waals surface area contributed by atoms with E-state index in [4.69, 9.17) is 28.9 Å². The molecule has 10 rings (SSSR count). The number of benzene rings is 1. The van der Waals surface area contributed by atoms with Gasteiger partial charge in [-0.3, -0.25) is 44.1 Å². The fraction of sp³-hybridized carbons (Fsp3) is 0.627. The van der Waals surface area contributed by atoms with E-state index in [-0.39, 0.29) is 51.9 Å². The van der Waals surface area contributed by atoms with E-state index in [0.29, 0.717) is 37.2 Å². The van der Waals surface area contributed by atoms with Crippen LogP contribution in [-0.4, -0.2) is 189 Å². The van der Waals surface area contributed by atoms with E-state index in [1.807, 2.05) is 33.0 Å². The van der Waals surface area contributed by atoms with Gasteiger partial charge in [0.25, 0.3) is 5.91 Å². The van der Waals surface area contributed by atoms with Crippen molar-refractivity contribution in [1.29, 1.82) is 0 Å². The molecule has 1 saturated carbocycles. The average molecular weight is 1100 g/mol. The molecule has 5 fully saturated rings. The predicted octanol–water partition coefficient (Wildman–Crippen LogP) is 6.18. The number of fused-ring (bicyclic) bond motifs is 6. The highest BCUT2D eigenvalue weighted by atomic mass is 16.6. The SMILES string of the molecule is CCn1c(-c2cc(N3CCN(C4CC4)CC3)cnc2[C@H](C)OC)c2c3cc(ccc31)-c1cncc(n1)C[C@H](NC(=O)[C@H](C(C)C)N(C)C(=O)N1CCOC13CN(C(=O)OC(C)(C)C)C3)C(=O)N1CCC[C@H](N1)C(=O)OCC(C)(C)C2. The number of ether oxygens (including phenoxy) is 4. The van der Waals surface area contributed by atoms with Gasteiger partial charge in [-0.25, -0.2) is 20.0 Å². The molecule has 21 heteroatoms. The van der Waals surface area contributed by atoms with Crippen LogP contribution >= 0.6 is 0 Å². The quantitative estimate of drug-likeness (QED) is 0.170. The van der Waals surface area contributed by atoms with Crippen LogP contribution in [0.1, 0.15) is 111 Å². The van der Waals surface area contributed by atoms with Gasteiger partial charge in [-0.1, -0.05) is 33.8 Å². The summed E-state index contributed by atoms with van der Waals surface area (Å²) in [5, 5.41) is 5.45. The number of hydrogen-bond acceptors (Lipinski definition) is 15. The molecule has 5 aliphatic heterocycles. The summed E-state index contributed by atoms with van der Waals surface area (Å²) in [6, 6.07) is 5.83. The Morgan fingerprint density at radius 1 is 0.975 bits per heavy atom. The van der Waals surface area contributed by atoms with E-state index in [1.165, 1.54) is 27.7 Å². The van der Waals surface area contributed by atoms with Crippen molar-refractivity contribution >= 4 is 46.5 Å². The number of likely N-dealkylation sites (N-methyl/N-ethyl adjacent to an activating group) is 1. The number of carbonyl (C=O) groups is 5. The van der Waals surface area contributed by atoms with Crippen LogP contribution in [0.4, 0.5) is 15.3 Å². The number of nitrogens with zero attached hydrogens (tertiary/aromatic N) is 10. The van der Waals surface area contributed by atoms with Crippen molar-refractivity contribution in [3.05, 3.63) is 59.8 Å². The molecular weight excluding hydrogens is 1020 g/mol. The molecule has 6 bridgehead atoms. The van der Waals surface area contributed by atoms with Gasteiger partial charge in [-0.2, -0.15) is 0 Å². The number of hydrazine groups is 1. The van der Waals surface area contributed by atoms with Crippen molar-refractivity contribution < 1.29 is 42.9 Å². The van der Waals surface area contributed by atoms with Crippen molar-refractivity contribution in [3.8, 4) is 22.5 Å². The minimum absolute atomic E-state index is 0.0533. The molecule has 1 aromatic carbocycles. The molecule has 21 nitrogen and oxygen atoms in total. The van der Waals surface area contributed by atoms with Crippen LogP contribution in [0.2, 0.25) is 0 Å². The summed E-state index contributed by atoms with van der Waals surface area (Å²) >= 11 is 0. The molecule has 4 aromatic rings. The normalized spacial score (nSPS) is 22.4. The van der Waals surface area contributed by atoms with E-state index in [1.54, 1.807) is 52.2 Å². The number of hydrogen-bond donors (Lipinski definition) is 2. The summed E-state index contributed by atoms with van der Waals surface area (Å²) in [5.41, 5.74) is 8.71. The molecular formula is C59H82N12O9. The largest absolute Gasteiger partial charge is 0.464 e. The molecule has 4 atom stereocenters. The highest BCUT2D eigenvalue weighted by molar-refractivity contribution is 5.96. The number of nitrogens with one attached hydrogen (secondary N) is 2. The maximum Gasteiger partial charge on any atom is 0.410 e. The van der Waals surface area contributed by atoms with Crippen molar-refractivity contribution in [2.75, 3.05) is 84.6 Å². The minimum Gasteiger partial charge on any atom is -0.464 e. The molecule has 3 aromatic heterocycles. The lowest BCUT2D eigenvalue weighted by Crippen LogP contribution is -2.72. The second kappa shape index (κ2) is 22.5. The number of methoxy groups -OCH3 is 1. The van der Waals surface area contributed by atoms with Gasteiger partial charge in [-0.15, -0.1) is 0 Å². The molecule has 6 aliphatic rings. The molecule has 432 valence electrons. The Bertz CT molecular complexity index is 2990. The van der Waals surface area contributed by atoms with Gasteiger partial charge in [0.2, 0.25) is 5.91 Å². The van der Waals surface area contributed by atoms with Gasteiger partial charge in [0.15, 0.2) is 5.72 Å². The number of piperazine rings is 1. The predicted molar refractivity (Wildman–Crippen MR) is 301 cm³/mol. The van der Waals surface area contributed by atoms with E-state index < -0.39 is 70.7 Å². The lowest BCUT2D eigenvalue weighted by atomic mass is 9.84. The van der Waals surface area contributed by atoms with Gasteiger partial charge < -0.3 is 38.6 Å². The topological polar surface area (TPSA) is 209 Å². The molecule has 80 heavy (non-hydrogen) atoms. The Hall–Kier alpha value is -6.42. The van der Waals surface area contributed by atoms with Gasteiger partial charge >= 0.3 is 18.1 Å². The maximum absolute atomic E-state index is 14.9. The van der Waals surface area contributed by atoms with Crippen LogP contribution < -0.4 is 15.6 Å². The Morgan fingerprint density at radius 3 is 2.41 bits per heavy atom. The molecule has 0 radical (unpaired) electrons. The first-order valence-corrected chi connectivity index (χ1v) is 28.8. The van der Waals surface area contributed by atoms with Crippen LogP contribution in [0.5, 0.6) is 0 Å². The number of urea groups is 1. The summed E-state index contributed by atoms with van der Waals surface area (Å²) in [4.78, 5) is 95.9. The Labute approximate surface area is 469 Å². The van der Waals surface area contributed by atoms with Crippen LogP contribution in [-0.2, 0) is 52.7 Å². The highest BCUT2D eigenvalue weighted by Gasteiger charge is 2.57. The molecule has 1 spiro atoms. The van der Waals surface area contributed by atoms with Crippen LogP contribution in [0.25, 0.3) is 33.4 Å². The fourth-order valence-electron chi connectivity index (χ4n) is 12.3. The number of aryl methyl sites for hydroxylation is 1. The number of carbonyl (C=O) groups excluding carboxylic acids is 5. The minimum atomic E-state index is -1.20. The number of esters is 1. The molecule has 8 heterocycles.